The Labute approximate surface area is 108 Å². The SMILES string of the molecule is COc1ccc2[nH]c3c(C)nc(C(=O)O)cc3c2c1. The number of H-pyrrole nitrogens is 1. The minimum atomic E-state index is -1.03. The topological polar surface area (TPSA) is 75.2 Å². The van der Waals surface area contributed by atoms with Crippen LogP contribution in [0.3, 0.4) is 0 Å². The Bertz CT molecular complexity index is 805. The molecular weight excluding hydrogens is 244 g/mol. The summed E-state index contributed by atoms with van der Waals surface area (Å²) in [5.41, 5.74) is 2.51. The van der Waals surface area contributed by atoms with Crippen molar-refractivity contribution in [1.82, 2.24) is 9.97 Å². The molecule has 0 saturated carbocycles. The normalized spacial score (nSPS) is 11.1. The van der Waals surface area contributed by atoms with Gasteiger partial charge in [0.25, 0.3) is 0 Å². The van der Waals surface area contributed by atoms with Gasteiger partial charge < -0.3 is 14.8 Å². The van der Waals surface area contributed by atoms with Crippen molar-refractivity contribution in [2.75, 3.05) is 7.11 Å². The summed E-state index contributed by atoms with van der Waals surface area (Å²) in [5.74, 6) is -0.290. The number of carboxylic acids is 1. The fourth-order valence-electron chi connectivity index (χ4n) is 2.27. The quantitative estimate of drug-likeness (QED) is 0.739. The zero-order valence-corrected chi connectivity index (χ0v) is 10.5. The first kappa shape index (κ1) is 11.5. The Morgan fingerprint density at radius 3 is 2.79 bits per heavy atom. The van der Waals surface area contributed by atoms with Gasteiger partial charge in [-0.2, -0.15) is 0 Å². The minimum absolute atomic E-state index is 0.0497. The van der Waals surface area contributed by atoms with Crippen LogP contribution in [-0.2, 0) is 0 Å². The van der Waals surface area contributed by atoms with Gasteiger partial charge in [-0.25, -0.2) is 9.78 Å². The fourth-order valence-corrected chi connectivity index (χ4v) is 2.27. The molecule has 0 radical (unpaired) electrons. The van der Waals surface area contributed by atoms with E-state index >= 15 is 0 Å². The number of pyridine rings is 1. The first-order valence-electron chi connectivity index (χ1n) is 5.80. The molecule has 0 bridgehead atoms. The number of nitrogens with one attached hydrogen (secondary N) is 1. The number of carboxylic acid groups (broad SMARTS) is 1. The van der Waals surface area contributed by atoms with Gasteiger partial charge in [0.15, 0.2) is 0 Å². The molecule has 1 aromatic carbocycles. The minimum Gasteiger partial charge on any atom is -0.497 e. The molecule has 5 heteroatoms. The molecule has 0 unspecified atom stereocenters. The van der Waals surface area contributed by atoms with E-state index in [1.807, 2.05) is 18.2 Å². The van der Waals surface area contributed by atoms with E-state index in [9.17, 15) is 4.79 Å². The monoisotopic (exact) mass is 256 g/mol. The van der Waals surface area contributed by atoms with Crippen molar-refractivity contribution in [2.45, 2.75) is 6.92 Å². The molecule has 3 aromatic rings. The number of aryl methyl sites for hydroxylation is 1. The Kier molecular flexibility index (Phi) is 2.41. The number of ether oxygens (including phenoxy) is 1. The van der Waals surface area contributed by atoms with Crippen LogP contribution in [0.25, 0.3) is 21.8 Å². The van der Waals surface area contributed by atoms with Crippen LogP contribution < -0.4 is 4.74 Å². The third kappa shape index (κ3) is 1.71. The van der Waals surface area contributed by atoms with Crippen molar-refractivity contribution in [3.05, 3.63) is 35.7 Å². The number of aromatic amines is 1. The number of fused-ring (bicyclic) bond motifs is 3. The highest BCUT2D eigenvalue weighted by Gasteiger charge is 2.13. The van der Waals surface area contributed by atoms with E-state index in [1.165, 1.54) is 0 Å². The lowest BCUT2D eigenvalue weighted by Crippen LogP contribution is -2.01. The fraction of sp³-hybridized carbons (Fsp3) is 0.143. The maximum atomic E-state index is 11.1. The van der Waals surface area contributed by atoms with E-state index in [0.717, 1.165) is 27.6 Å². The van der Waals surface area contributed by atoms with Gasteiger partial charge in [0.2, 0.25) is 0 Å². The largest absolute Gasteiger partial charge is 0.497 e. The Morgan fingerprint density at radius 2 is 2.11 bits per heavy atom. The summed E-state index contributed by atoms with van der Waals surface area (Å²) < 4.78 is 5.20. The molecule has 96 valence electrons. The third-order valence-corrected chi connectivity index (χ3v) is 3.20. The molecule has 2 N–H and O–H groups in total. The zero-order valence-electron chi connectivity index (χ0n) is 10.5. The number of aromatic carboxylic acids is 1. The van der Waals surface area contributed by atoms with Crippen molar-refractivity contribution in [3.8, 4) is 5.75 Å². The van der Waals surface area contributed by atoms with Crippen LogP contribution >= 0.6 is 0 Å². The standard InChI is InChI=1S/C14H12N2O3/c1-7-13-10(6-12(15-7)14(17)18)9-5-8(19-2)3-4-11(9)16-13/h3-6,16H,1-2H3,(H,17,18). The number of benzene rings is 1. The summed E-state index contributed by atoms with van der Waals surface area (Å²) in [4.78, 5) is 18.4. The van der Waals surface area contributed by atoms with Gasteiger partial charge in [0.1, 0.15) is 11.4 Å². The predicted molar refractivity (Wildman–Crippen MR) is 71.8 cm³/mol. The lowest BCUT2D eigenvalue weighted by Gasteiger charge is -2.00. The van der Waals surface area contributed by atoms with Crippen LogP contribution in [0.4, 0.5) is 0 Å². The van der Waals surface area contributed by atoms with Gasteiger partial charge in [-0.1, -0.05) is 0 Å². The highest BCUT2D eigenvalue weighted by molar-refractivity contribution is 6.09. The van der Waals surface area contributed by atoms with Gasteiger partial charge in [-0.05, 0) is 31.2 Å². The second kappa shape index (κ2) is 3.98. The number of aromatic nitrogens is 2. The van der Waals surface area contributed by atoms with Gasteiger partial charge >= 0.3 is 5.97 Å². The molecule has 2 heterocycles. The Morgan fingerprint density at radius 1 is 1.32 bits per heavy atom. The first-order valence-corrected chi connectivity index (χ1v) is 5.80. The molecule has 19 heavy (non-hydrogen) atoms. The molecule has 2 aromatic heterocycles. The molecule has 0 fully saturated rings. The number of rotatable bonds is 2. The number of methoxy groups -OCH3 is 1. The van der Waals surface area contributed by atoms with E-state index in [4.69, 9.17) is 9.84 Å². The summed E-state index contributed by atoms with van der Waals surface area (Å²) >= 11 is 0. The summed E-state index contributed by atoms with van der Waals surface area (Å²) in [7, 11) is 1.60. The summed E-state index contributed by atoms with van der Waals surface area (Å²) in [5, 5.41) is 10.9. The molecule has 0 atom stereocenters. The van der Waals surface area contributed by atoms with Crippen LogP contribution in [0, 0.1) is 6.92 Å². The molecule has 3 rings (SSSR count). The summed E-state index contributed by atoms with van der Waals surface area (Å²) in [6.45, 7) is 1.79. The van der Waals surface area contributed by atoms with Gasteiger partial charge in [-0.15, -0.1) is 0 Å². The maximum Gasteiger partial charge on any atom is 0.354 e. The summed E-state index contributed by atoms with van der Waals surface area (Å²) in [6, 6.07) is 7.24. The average Bonchev–Trinajstić information content (AvgIpc) is 2.77. The van der Waals surface area contributed by atoms with Crippen molar-refractivity contribution >= 4 is 27.8 Å². The van der Waals surface area contributed by atoms with E-state index in [0.29, 0.717) is 5.69 Å². The Balaban J connectivity index is 2.43. The molecule has 0 spiro atoms. The predicted octanol–water partition coefficient (Wildman–Crippen LogP) is 2.73. The van der Waals surface area contributed by atoms with E-state index < -0.39 is 5.97 Å². The molecule has 0 aliphatic carbocycles. The average molecular weight is 256 g/mol. The number of nitrogens with zero attached hydrogens (tertiary/aromatic N) is 1. The van der Waals surface area contributed by atoms with Gasteiger partial charge in [-0.3, -0.25) is 0 Å². The lowest BCUT2D eigenvalue weighted by atomic mass is 10.1. The van der Waals surface area contributed by atoms with Crippen molar-refractivity contribution in [2.24, 2.45) is 0 Å². The highest BCUT2D eigenvalue weighted by atomic mass is 16.5. The van der Waals surface area contributed by atoms with Crippen LogP contribution in [0.2, 0.25) is 0 Å². The summed E-state index contributed by atoms with van der Waals surface area (Å²) in [6.07, 6.45) is 0. The van der Waals surface area contributed by atoms with Crippen molar-refractivity contribution in [3.63, 3.8) is 0 Å². The first-order chi connectivity index (χ1) is 9.10. The maximum absolute atomic E-state index is 11.1. The van der Waals surface area contributed by atoms with E-state index in [2.05, 4.69) is 9.97 Å². The Hall–Kier alpha value is -2.56. The molecular formula is C14H12N2O3. The lowest BCUT2D eigenvalue weighted by molar-refractivity contribution is 0.0690. The smallest absolute Gasteiger partial charge is 0.354 e. The van der Waals surface area contributed by atoms with Crippen molar-refractivity contribution in [1.29, 1.82) is 0 Å². The molecule has 0 aliphatic rings. The van der Waals surface area contributed by atoms with Crippen LogP contribution in [-0.4, -0.2) is 28.2 Å². The molecule has 5 nitrogen and oxygen atoms in total. The van der Waals surface area contributed by atoms with E-state index in [-0.39, 0.29) is 5.69 Å². The van der Waals surface area contributed by atoms with Crippen molar-refractivity contribution < 1.29 is 14.6 Å². The van der Waals surface area contributed by atoms with Gasteiger partial charge in [0, 0.05) is 16.3 Å². The molecule has 0 saturated heterocycles. The number of carbonyl (C=O) groups is 1. The van der Waals surface area contributed by atoms with Crippen LogP contribution in [0.1, 0.15) is 16.2 Å². The van der Waals surface area contributed by atoms with Gasteiger partial charge in [0.05, 0.1) is 18.3 Å². The van der Waals surface area contributed by atoms with Crippen LogP contribution in [0.5, 0.6) is 5.75 Å². The molecule has 0 aliphatic heterocycles. The number of hydrogen-bond acceptors (Lipinski definition) is 3. The highest BCUT2D eigenvalue weighted by Crippen LogP contribution is 2.30. The number of hydrogen-bond donors (Lipinski definition) is 2. The van der Waals surface area contributed by atoms with E-state index in [1.54, 1.807) is 20.1 Å². The zero-order chi connectivity index (χ0) is 13.6. The molecule has 0 amide bonds. The third-order valence-electron chi connectivity index (χ3n) is 3.20. The van der Waals surface area contributed by atoms with Crippen LogP contribution in [0.15, 0.2) is 24.3 Å². The second-order valence-electron chi connectivity index (χ2n) is 4.36. The second-order valence-corrected chi connectivity index (χ2v) is 4.36.